The van der Waals surface area contributed by atoms with Crippen LogP contribution in [0.3, 0.4) is 0 Å². The van der Waals surface area contributed by atoms with Gasteiger partial charge in [-0.15, -0.1) is 9.36 Å². The molecule has 0 bridgehead atoms. The fraction of sp³-hybridized carbons (Fsp3) is 0.231. The Morgan fingerprint density at radius 2 is 2.00 bits per heavy atom. The van der Waals surface area contributed by atoms with Gasteiger partial charge in [0, 0.05) is 5.56 Å². The Hall–Kier alpha value is -2.50. The predicted molar refractivity (Wildman–Crippen MR) is 63.3 cm³/mol. The van der Waals surface area contributed by atoms with E-state index in [-0.39, 0.29) is 24.7 Å². The van der Waals surface area contributed by atoms with E-state index in [9.17, 15) is 14.7 Å². The molecule has 2 aromatic rings. The van der Waals surface area contributed by atoms with Gasteiger partial charge in [0.15, 0.2) is 18.9 Å². The molecule has 0 N–H and O–H groups in total. The quantitative estimate of drug-likeness (QED) is 0.546. The first kappa shape index (κ1) is 12.9. The second-order valence-corrected chi connectivity index (χ2v) is 4.20. The van der Waals surface area contributed by atoms with Gasteiger partial charge in [-0.3, -0.25) is 9.59 Å². The maximum Gasteiger partial charge on any atom is 0.206 e. The minimum absolute atomic E-state index is 0.0295. The Labute approximate surface area is 109 Å². The second-order valence-electron chi connectivity index (χ2n) is 4.20. The summed E-state index contributed by atoms with van der Waals surface area (Å²) in [6, 6.07) is 8.68. The monoisotopic (exact) mass is 259 g/mol. The van der Waals surface area contributed by atoms with Crippen molar-refractivity contribution in [2.24, 2.45) is 0 Å². The van der Waals surface area contributed by atoms with Gasteiger partial charge < -0.3 is 5.11 Å². The molecule has 0 fully saturated rings. The van der Waals surface area contributed by atoms with Gasteiger partial charge in [-0.2, -0.15) is 0 Å². The van der Waals surface area contributed by atoms with Crippen molar-refractivity contribution in [3.63, 3.8) is 0 Å². The van der Waals surface area contributed by atoms with E-state index in [0.29, 0.717) is 5.56 Å². The lowest BCUT2D eigenvalue weighted by Crippen LogP contribution is -2.39. The third kappa shape index (κ3) is 3.25. The zero-order chi connectivity index (χ0) is 13.8. The van der Waals surface area contributed by atoms with Crippen LogP contribution in [0.15, 0.2) is 36.5 Å². The summed E-state index contributed by atoms with van der Waals surface area (Å²) in [4.78, 5) is 22.9. The van der Waals surface area contributed by atoms with Gasteiger partial charge in [-0.1, -0.05) is 30.3 Å². The molecule has 1 aromatic carbocycles. The lowest BCUT2D eigenvalue weighted by Gasteiger charge is -2.00. The summed E-state index contributed by atoms with van der Waals surface area (Å²) in [5.41, 5.74) is 0.524. The van der Waals surface area contributed by atoms with Crippen LogP contribution in [0.25, 0.3) is 0 Å². The Morgan fingerprint density at radius 1 is 1.32 bits per heavy atom. The number of carbonyl (C=O) groups is 2. The average molecular weight is 259 g/mol. The fourth-order valence-corrected chi connectivity index (χ4v) is 1.67. The van der Waals surface area contributed by atoms with Crippen molar-refractivity contribution >= 4 is 11.6 Å². The number of hydrogen-bond donors (Lipinski definition) is 0. The van der Waals surface area contributed by atoms with Crippen LogP contribution in [-0.2, 0) is 17.9 Å². The van der Waals surface area contributed by atoms with Gasteiger partial charge in [0.1, 0.15) is 12.1 Å². The molecule has 0 aliphatic heterocycles. The largest absolute Gasteiger partial charge is 0.838 e. The molecule has 6 heteroatoms. The van der Waals surface area contributed by atoms with Crippen molar-refractivity contribution < 1.29 is 19.4 Å². The van der Waals surface area contributed by atoms with Crippen LogP contribution in [-0.4, -0.2) is 21.5 Å². The molecule has 98 valence electrons. The molecule has 19 heavy (non-hydrogen) atoms. The average Bonchev–Trinajstić information content (AvgIpc) is 2.69. The first-order chi connectivity index (χ1) is 9.06. The lowest BCUT2D eigenvalue weighted by atomic mass is 10.1. The molecular formula is C13H13N3O3. The highest BCUT2D eigenvalue weighted by molar-refractivity contribution is 5.95. The van der Waals surface area contributed by atoms with Gasteiger partial charge in [0.2, 0.25) is 5.78 Å². The highest BCUT2D eigenvalue weighted by Crippen LogP contribution is 2.04. The molecule has 2 rings (SSSR count). The topological polar surface area (TPSA) is 78.9 Å². The van der Waals surface area contributed by atoms with E-state index in [2.05, 4.69) is 5.21 Å². The van der Waals surface area contributed by atoms with E-state index >= 15 is 0 Å². The maximum absolute atomic E-state index is 11.9. The first-order valence-corrected chi connectivity index (χ1v) is 5.78. The number of benzene rings is 1. The third-order valence-electron chi connectivity index (χ3n) is 2.51. The van der Waals surface area contributed by atoms with Crippen LogP contribution in [0.1, 0.15) is 17.3 Å². The molecule has 6 nitrogen and oxygen atoms in total. The van der Waals surface area contributed by atoms with Crippen LogP contribution in [0.2, 0.25) is 0 Å². The lowest BCUT2D eigenvalue weighted by molar-refractivity contribution is -0.744. The smallest absolute Gasteiger partial charge is 0.206 e. The number of rotatable bonds is 5. The summed E-state index contributed by atoms with van der Waals surface area (Å²) < 4.78 is 2.29. The summed E-state index contributed by atoms with van der Waals surface area (Å²) in [7, 11) is 0. The summed E-state index contributed by atoms with van der Waals surface area (Å²) in [5, 5.41) is 15.5. The van der Waals surface area contributed by atoms with E-state index in [0.717, 1.165) is 4.68 Å². The molecule has 0 saturated carbocycles. The van der Waals surface area contributed by atoms with Crippen molar-refractivity contribution in [3.8, 4) is 5.88 Å². The van der Waals surface area contributed by atoms with Crippen molar-refractivity contribution in [2.45, 2.75) is 20.0 Å². The first-order valence-electron chi connectivity index (χ1n) is 5.78. The van der Waals surface area contributed by atoms with Crippen molar-refractivity contribution in [1.29, 1.82) is 0 Å². The standard InChI is InChI=1S/C13H13N3O3/c1-10(17)7-15-9-13(19)16(14-15)8-12(18)11-5-3-2-4-6-11/h2-6,9H,7-8H2,1H3. The van der Waals surface area contributed by atoms with Crippen LogP contribution >= 0.6 is 0 Å². The summed E-state index contributed by atoms with van der Waals surface area (Å²) >= 11 is 0. The minimum Gasteiger partial charge on any atom is -0.838 e. The Morgan fingerprint density at radius 3 is 2.63 bits per heavy atom. The minimum atomic E-state index is -0.398. The number of aromatic nitrogens is 3. The summed E-state index contributed by atoms with van der Waals surface area (Å²) in [6.07, 6.45) is 1.21. The number of hydrogen-bond acceptors (Lipinski definition) is 4. The Balaban J connectivity index is 2.13. The van der Waals surface area contributed by atoms with E-state index in [1.807, 2.05) is 6.07 Å². The SMILES string of the molecule is CC(=O)C[n+]1cc([O-])n(CC(=O)c2ccccc2)n1. The predicted octanol–water partition coefficient (Wildman–Crippen LogP) is -0.284. The molecule has 0 unspecified atom stereocenters. The van der Waals surface area contributed by atoms with Gasteiger partial charge in [-0.05, 0) is 6.92 Å². The van der Waals surface area contributed by atoms with Gasteiger partial charge in [0.05, 0.1) is 5.21 Å². The van der Waals surface area contributed by atoms with Crippen molar-refractivity contribution in [2.75, 3.05) is 0 Å². The molecule has 0 atom stereocenters. The van der Waals surface area contributed by atoms with Crippen molar-refractivity contribution in [1.82, 2.24) is 9.90 Å². The normalized spacial score (nSPS) is 10.4. The highest BCUT2D eigenvalue weighted by atomic mass is 16.3. The molecule has 1 aromatic heterocycles. The molecule has 0 aliphatic carbocycles. The van der Waals surface area contributed by atoms with Gasteiger partial charge >= 0.3 is 0 Å². The number of carbonyl (C=O) groups excluding carboxylic acids is 2. The zero-order valence-corrected chi connectivity index (χ0v) is 10.4. The van der Waals surface area contributed by atoms with E-state index in [1.165, 1.54) is 17.8 Å². The number of nitrogens with zero attached hydrogens (tertiary/aromatic N) is 3. The number of Topliss-reactive ketones (excluding diaryl/α,β-unsaturated/α-hetero) is 2. The summed E-state index contributed by atoms with van der Waals surface area (Å²) in [5.74, 6) is -0.703. The molecule has 1 heterocycles. The van der Waals surface area contributed by atoms with E-state index < -0.39 is 5.88 Å². The highest BCUT2D eigenvalue weighted by Gasteiger charge is 2.15. The third-order valence-corrected chi connectivity index (χ3v) is 2.51. The van der Waals surface area contributed by atoms with Crippen LogP contribution in [0.4, 0.5) is 0 Å². The van der Waals surface area contributed by atoms with Crippen LogP contribution in [0, 0.1) is 0 Å². The molecule has 0 amide bonds. The second kappa shape index (κ2) is 5.43. The summed E-state index contributed by atoms with van der Waals surface area (Å²) in [6.45, 7) is 1.31. The molecule has 0 aliphatic rings. The molecule has 0 saturated heterocycles. The van der Waals surface area contributed by atoms with E-state index in [1.54, 1.807) is 24.3 Å². The molecule has 0 spiro atoms. The Bertz CT molecular complexity index is 605. The van der Waals surface area contributed by atoms with Crippen LogP contribution < -0.4 is 9.79 Å². The molecule has 0 radical (unpaired) electrons. The van der Waals surface area contributed by atoms with Crippen LogP contribution in [0.5, 0.6) is 5.88 Å². The van der Waals surface area contributed by atoms with Crippen molar-refractivity contribution in [3.05, 3.63) is 42.1 Å². The number of ketones is 2. The van der Waals surface area contributed by atoms with Gasteiger partial charge in [0.25, 0.3) is 0 Å². The zero-order valence-electron chi connectivity index (χ0n) is 10.4. The molecular weight excluding hydrogens is 246 g/mol. The fourth-order valence-electron chi connectivity index (χ4n) is 1.67. The van der Waals surface area contributed by atoms with Gasteiger partial charge in [-0.25, -0.2) is 0 Å². The Kier molecular flexibility index (Phi) is 3.70. The maximum atomic E-state index is 11.9. The van der Waals surface area contributed by atoms with E-state index in [4.69, 9.17) is 0 Å².